The van der Waals surface area contributed by atoms with Crippen LogP contribution in [-0.4, -0.2) is 38.4 Å². The molecule has 0 saturated carbocycles. The molecule has 0 aliphatic carbocycles. The number of nitrogens with one attached hydrogen (secondary N) is 1. The average Bonchev–Trinajstić information content (AvgIpc) is 2.92. The van der Waals surface area contributed by atoms with Crippen molar-refractivity contribution in [2.75, 3.05) is 19.6 Å². The van der Waals surface area contributed by atoms with Crippen molar-refractivity contribution in [1.29, 1.82) is 0 Å². The van der Waals surface area contributed by atoms with Crippen LogP contribution in [-0.2, 0) is 16.2 Å². The number of hydrogen-bond donors (Lipinski definition) is 1. The van der Waals surface area contributed by atoms with E-state index in [1.807, 2.05) is 0 Å². The van der Waals surface area contributed by atoms with Gasteiger partial charge in [0.2, 0.25) is 10.0 Å². The number of benzene rings is 1. The van der Waals surface area contributed by atoms with E-state index in [0.29, 0.717) is 19.5 Å². The Balaban J connectivity index is 2.48. The highest BCUT2D eigenvalue weighted by Crippen LogP contribution is 2.35. The third-order valence-electron chi connectivity index (χ3n) is 3.53. The van der Waals surface area contributed by atoms with E-state index in [1.54, 1.807) is 6.92 Å². The van der Waals surface area contributed by atoms with E-state index in [4.69, 9.17) is 0 Å². The molecule has 1 aliphatic rings. The van der Waals surface area contributed by atoms with E-state index >= 15 is 0 Å². The third-order valence-corrected chi connectivity index (χ3v) is 5.62. The molecule has 1 heterocycles. The standard InChI is InChI=1S/C13H17F3N2O2S/c1-2-18(10-7-8-17-9-10)21(19,20)12-6-4-3-5-11(12)13(14,15)16/h3-6,10,17H,2,7-9H2,1H3. The monoisotopic (exact) mass is 322 g/mol. The lowest BCUT2D eigenvalue weighted by molar-refractivity contribution is -0.139. The first-order valence-electron chi connectivity index (χ1n) is 6.67. The summed E-state index contributed by atoms with van der Waals surface area (Å²) in [6, 6.07) is 4.01. The quantitative estimate of drug-likeness (QED) is 0.923. The minimum atomic E-state index is -4.70. The van der Waals surface area contributed by atoms with Crippen molar-refractivity contribution in [2.45, 2.75) is 30.5 Å². The molecule has 1 aromatic carbocycles. The molecule has 21 heavy (non-hydrogen) atoms. The number of likely N-dealkylation sites (N-methyl/N-ethyl adjacent to an activating group) is 1. The van der Waals surface area contributed by atoms with Gasteiger partial charge in [-0.1, -0.05) is 19.1 Å². The van der Waals surface area contributed by atoms with Crippen LogP contribution in [0.3, 0.4) is 0 Å². The molecule has 1 atom stereocenters. The molecule has 1 aliphatic heterocycles. The maximum atomic E-state index is 13.0. The van der Waals surface area contributed by atoms with E-state index in [2.05, 4.69) is 5.32 Å². The van der Waals surface area contributed by atoms with Crippen molar-refractivity contribution in [1.82, 2.24) is 9.62 Å². The summed E-state index contributed by atoms with van der Waals surface area (Å²) < 4.78 is 65.5. The van der Waals surface area contributed by atoms with Crippen LogP contribution in [0.4, 0.5) is 13.2 Å². The van der Waals surface area contributed by atoms with Gasteiger partial charge in [-0.15, -0.1) is 0 Å². The van der Waals surface area contributed by atoms with Gasteiger partial charge in [0.15, 0.2) is 0 Å². The third kappa shape index (κ3) is 3.22. The Morgan fingerprint density at radius 3 is 2.52 bits per heavy atom. The van der Waals surface area contributed by atoms with Crippen LogP contribution >= 0.6 is 0 Å². The van der Waals surface area contributed by atoms with Gasteiger partial charge in [-0.2, -0.15) is 17.5 Å². The van der Waals surface area contributed by atoms with E-state index in [9.17, 15) is 21.6 Å². The first kappa shape index (κ1) is 16.3. The predicted molar refractivity (Wildman–Crippen MR) is 72.3 cm³/mol. The van der Waals surface area contributed by atoms with Crippen LogP contribution in [0, 0.1) is 0 Å². The highest BCUT2D eigenvalue weighted by atomic mass is 32.2. The minimum Gasteiger partial charge on any atom is -0.315 e. The number of hydrogen-bond acceptors (Lipinski definition) is 3. The highest BCUT2D eigenvalue weighted by Gasteiger charge is 2.40. The Morgan fingerprint density at radius 2 is 2.00 bits per heavy atom. The van der Waals surface area contributed by atoms with Crippen LogP contribution < -0.4 is 5.32 Å². The average molecular weight is 322 g/mol. The molecule has 0 amide bonds. The minimum absolute atomic E-state index is 0.140. The van der Waals surface area contributed by atoms with Crippen molar-refractivity contribution in [3.8, 4) is 0 Å². The Labute approximate surface area is 122 Å². The van der Waals surface area contributed by atoms with E-state index in [0.717, 1.165) is 16.4 Å². The topological polar surface area (TPSA) is 49.4 Å². The molecule has 1 unspecified atom stereocenters. The predicted octanol–water partition coefficient (Wildman–Crippen LogP) is 2.08. The van der Waals surface area contributed by atoms with Gasteiger partial charge in [0.1, 0.15) is 0 Å². The summed E-state index contributed by atoms with van der Waals surface area (Å²) in [6.07, 6.45) is -4.10. The highest BCUT2D eigenvalue weighted by molar-refractivity contribution is 7.89. The van der Waals surface area contributed by atoms with Crippen molar-refractivity contribution >= 4 is 10.0 Å². The van der Waals surface area contributed by atoms with E-state index < -0.39 is 26.7 Å². The van der Waals surface area contributed by atoms with Gasteiger partial charge in [-0.25, -0.2) is 8.42 Å². The Hall–Kier alpha value is -1.12. The van der Waals surface area contributed by atoms with Crippen LogP contribution in [0.15, 0.2) is 29.2 Å². The normalized spacial score (nSPS) is 20.1. The molecule has 1 fully saturated rings. The van der Waals surface area contributed by atoms with Crippen LogP contribution in [0.2, 0.25) is 0 Å². The zero-order chi connectivity index (χ0) is 15.7. The first-order chi connectivity index (χ1) is 9.78. The maximum absolute atomic E-state index is 13.0. The SMILES string of the molecule is CCN(C1CCNC1)S(=O)(=O)c1ccccc1C(F)(F)F. The molecule has 0 spiro atoms. The zero-order valence-electron chi connectivity index (χ0n) is 11.5. The second-order valence-electron chi connectivity index (χ2n) is 4.85. The van der Waals surface area contributed by atoms with Gasteiger partial charge in [0, 0.05) is 19.1 Å². The van der Waals surface area contributed by atoms with Crippen LogP contribution in [0.5, 0.6) is 0 Å². The molecule has 1 saturated heterocycles. The summed E-state index contributed by atoms with van der Waals surface area (Å²) >= 11 is 0. The molecular weight excluding hydrogens is 305 g/mol. The molecule has 2 rings (SSSR count). The second-order valence-corrected chi connectivity index (χ2v) is 6.71. The number of rotatable bonds is 4. The van der Waals surface area contributed by atoms with E-state index in [1.165, 1.54) is 12.1 Å². The molecule has 0 aromatic heterocycles. The van der Waals surface area contributed by atoms with Gasteiger partial charge in [-0.3, -0.25) is 0 Å². The second kappa shape index (κ2) is 5.94. The summed E-state index contributed by atoms with van der Waals surface area (Å²) in [5.74, 6) is 0. The molecular formula is C13H17F3N2O2S. The van der Waals surface area contributed by atoms with Crippen LogP contribution in [0.25, 0.3) is 0 Å². The van der Waals surface area contributed by atoms with Crippen molar-refractivity contribution in [2.24, 2.45) is 0 Å². The number of alkyl halides is 3. The fourth-order valence-electron chi connectivity index (χ4n) is 2.56. The Bertz CT molecular complexity index is 596. The van der Waals surface area contributed by atoms with Gasteiger partial charge < -0.3 is 5.32 Å². The van der Waals surface area contributed by atoms with Crippen molar-refractivity contribution in [3.63, 3.8) is 0 Å². The summed E-state index contributed by atoms with van der Waals surface area (Å²) in [4.78, 5) is -0.675. The van der Waals surface area contributed by atoms with Gasteiger partial charge in [-0.05, 0) is 25.1 Å². The molecule has 4 nitrogen and oxygen atoms in total. The maximum Gasteiger partial charge on any atom is 0.417 e. The molecule has 0 bridgehead atoms. The summed E-state index contributed by atoms with van der Waals surface area (Å²) in [5.41, 5.74) is -1.12. The number of sulfonamides is 1. The lowest BCUT2D eigenvalue weighted by Gasteiger charge is -2.27. The summed E-state index contributed by atoms with van der Waals surface area (Å²) in [7, 11) is -4.18. The molecule has 1 aromatic rings. The Morgan fingerprint density at radius 1 is 1.33 bits per heavy atom. The van der Waals surface area contributed by atoms with Gasteiger partial charge in [0.05, 0.1) is 10.5 Å². The summed E-state index contributed by atoms with van der Waals surface area (Å²) in [5, 5.41) is 3.03. The van der Waals surface area contributed by atoms with E-state index in [-0.39, 0.29) is 12.6 Å². The zero-order valence-corrected chi connectivity index (χ0v) is 12.3. The molecule has 1 N–H and O–H groups in total. The fraction of sp³-hybridized carbons (Fsp3) is 0.538. The number of nitrogens with zero attached hydrogens (tertiary/aromatic N) is 1. The van der Waals surface area contributed by atoms with Crippen LogP contribution in [0.1, 0.15) is 18.9 Å². The lowest BCUT2D eigenvalue weighted by Crippen LogP contribution is -2.41. The smallest absolute Gasteiger partial charge is 0.315 e. The van der Waals surface area contributed by atoms with Gasteiger partial charge >= 0.3 is 6.18 Å². The summed E-state index contributed by atoms with van der Waals surface area (Å²) in [6.45, 7) is 2.89. The number of halogens is 3. The van der Waals surface area contributed by atoms with Gasteiger partial charge in [0.25, 0.3) is 0 Å². The largest absolute Gasteiger partial charge is 0.417 e. The molecule has 8 heteroatoms. The Kier molecular flexibility index (Phi) is 4.60. The molecule has 118 valence electrons. The lowest BCUT2D eigenvalue weighted by atomic mass is 10.2. The molecule has 0 radical (unpaired) electrons. The van der Waals surface area contributed by atoms with Crippen molar-refractivity contribution < 1.29 is 21.6 Å². The fourth-order valence-corrected chi connectivity index (χ4v) is 4.44. The first-order valence-corrected chi connectivity index (χ1v) is 8.11. The van der Waals surface area contributed by atoms with Crippen molar-refractivity contribution in [3.05, 3.63) is 29.8 Å².